The van der Waals surface area contributed by atoms with Crippen molar-refractivity contribution in [2.75, 3.05) is 5.32 Å². The number of nitrogens with one attached hydrogen (secondary N) is 1. The fourth-order valence-electron chi connectivity index (χ4n) is 4.97. The fourth-order valence-corrected chi connectivity index (χ4v) is 4.97. The van der Waals surface area contributed by atoms with Gasteiger partial charge >= 0.3 is 0 Å². The Labute approximate surface area is 209 Å². The Morgan fingerprint density at radius 2 is 1.42 bits per heavy atom. The van der Waals surface area contributed by atoms with E-state index in [0.717, 1.165) is 28.0 Å². The van der Waals surface area contributed by atoms with Crippen LogP contribution in [0.2, 0.25) is 0 Å². The van der Waals surface area contributed by atoms with Gasteiger partial charge in [-0.3, -0.25) is 4.98 Å². The number of pyridine rings is 2. The molecule has 7 rings (SSSR count). The first kappa shape index (κ1) is 20.6. The Kier molecular flexibility index (Phi) is 4.85. The number of nitrogens with zero attached hydrogens (tertiary/aromatic N) is 2. The summed E-state index contributed by atoms with van der Waals surface area (Å²) in [6.07, 6.45) is 6.24. The van der Waals surface area contributed by atoms with Crippen molar-refractivity contribution in [2.45, 2.75) is 6.04 Å². The molecule has 4 aromatic carbocycles. The minimum absolute atomic E-state index is 0.0778. The van der Waals surface area contributed by atoms with Crippen LogP contribution < -0.4 is 5.32 Å². The van der Waals surface area contributed by atoms with E-state index >= 15 is 0 Å². The Morgan fingerprint density at radius 3 is 2.33 bits per heavy atom. The molecule has 1 aliphatic rings. The number of benzene rings is 4. The van der Waals surface area contributed by atoms with Crippen LogP contribution >= 0.6 is 0 Å². The molecule has 1 atom stereocenters. The summed E-state index contributed by atoms with van der Waals surface area (Å²) in [5, 5.41) is 7.38. The van der Waals surface area contributed by atoms with Crippen LogP contribution in [0.5, 0.6) is 0 Å². The van der Waals surface area contributed by atoms with Crippen LogP contribution in [-0.2, 0) is 0 Å². The van der Waals surface area contributed by atoms with Crippen LogP contribution in [0.1, 0.15) is 17.2 Å². The molecular formula is C33H23N3. The van der Waals surface area contributed by atoms with Gasteiger partial charge in [0.25, 0.3) is 0 Å². The summed E-state index contributed by atoms with van der Waals surface area (Å²) < 4.78 is 0. The molecule has 1 unspecified atom stereocenters. The molecule has 0 saturated carbocycles. The lowest BCUT2D eigenvalue weighted by Gasteiger charge is -2.24. The molecule has 36 heavy (non-hydrogen) atoms. The summed E-state index contributed by atoms with van der Waals surface area (Å²) in [4.78, 5) is 9.37. The molecule has 3 nitrogen and oxygen atoms in total. The molecule has 0 saturated heterocycles. The van der Waals surface area contributed by atoms with Gasteiger partial charge in [-0.1, -0.05) is 84.9 Å². The summed E-state index contributed by atoms with van der Waals surface area (Å²) in [5.41, 5.74) is 8.71. The Morgan fingerprint density at radius 1 is 0.611 bits per heavy atom. The highest BCUT2D eigenvalue weighted by Gasteiger charge is 2.16. The Balaban J connectivity index is 1.21. The second-order valence-corrected chi connectivity index (χ2v) is 9.21. The first-order valence-corrected chi connectivity index (χ1v) is 12.2. The first-order chi connectivity index (χ1) is 17.8. The molecule has 170 valence electrons. The van der Waals surface area contributed by atoms with E-state index in [1.807, 2.05) is 24.3 Å². The van der Waals surface area contributed by atoms with Crippen molar-refractivity contribution in [1.29, 1.82) is 0 Å². The number of rotatable bonds is 3. The third-order valence-electron chi connectivity index (χ3n) is 6.92. The van der Waals surface area contributed by atoms with Crippen LogP contribution in [0.3, 0.4) is 0 Å². The SMILES string of the molecule is C1=CC(c2ccc3ccc(-c4ccccn4)nc3c2)Nc2cc(-c3ccc4ccccc4c3)ccc21. The van der Waals surface area contributed by atoms with Crippen LogP contribution in [0.25, 0.3) is 50.3 Å². The third-order valence-corrected chi connectivity index (χ3v) is 6.92. The summed E-state index contributed by atoms with van der Waals surface area (Å²) in [6, 6.07) is 38.5. The van der Waals surface area contributed by atoms with E-state index in [9.17, 15) is 0 Å². The predicted octanol–water partition coefficient (Wildman–Crippen LogP) is 8.30. The van der Waals surface area contributed by atoms with Crippen LogP contribution in [-0.4, -0.2) is 9.97 Å². The maximum atomic E-state index is 4.91. The van der Waals surface area contributed by atoms with Gasteiger partial charge in [-0.25, -0.2) is 4.98 Å². The lowest BCUT2D eigenvalue weighted by atomic mass is 9.95. The summed E-state index contributed by atoms with van der Waals surface area (Å²) >= 11 is 0. The third kappa shape index (κ3) is 3.71. The van der Waals surface area contributed by atoms with Gasteiger partial charge < -0.3 is 5.32 Å². The molecular weight excluding hydrogens is 438 g/mol. The van der Waals surface area contributed by atoms with Crippen molar-refractivity contribution in [3.05, 3.63) is 133 Å². The lowest BCUT2D eigenvalue weighted by Crippen LogP contribution is -2.12. The highest BCUT2D eigenvalue weighted by Crippen LogP contribution is 2.35. The predicted molar refractivity (Wildman–Crippen MR) is 150 cm³/mol. The quantitative estimate of drug-likeness (QED) is 0.288. The summed E-state index contributed by atoms with van der Waals surface area (Å²) in [7, 11) is 0. The van der Waals surface area contributed by atoms with Crippen molar-refractivity contribution < 1.29 is 0 Å². The number of aromatic nitrogens is 2. The van der Waals surface area contributed by atoms with Gasteiger partial charge in [0, 0.05) is 17.3 Å². The average molecular weight is 462 g/mol. The second-order valence-electron chi connectivity index (χ2n) is 9.21. The number of hydrogen-bond acceptors (Lipinski definition) is 3. The highest BCUT2D eigenvalue weighted by atomic mass is 14.9. The fraction of sp³-hybridized carbons (Fsp3) is 0.0303. The summed E-state index contributed by atoms with van der Waals surface area (Å²) in [5.74, 6) is 0. The lowest BCUT2D eigenvalue weighted by molar-refractivity contribution is 0.981. The van der Waals surface area contributed by atoms with E-state index in [2.05, 4.69) is 107 Å². The second kappa shape index (κ2) is 8.47. The Bertz CT molecular complexity index is 1770. The van der Waals surface area contributed by atoms with Crippen molar-refractivity contribution >= 4 is 33.4 Å². The maximum Gasteiger partial charge on any atom is 0.0893 e. The van der Waals surface area contributed by atoms with Gasteiger partial charge in [-0.2, -0.15) is 0 Å². The molecule has 1 aliphatic heterocycles. The number of fused-ring (bicyclic) bond motifs is 3. The zero-order valence-electron chi connectivity index (χ0n) is 19.6. The van der Waals surface area contributed by atoms with Gasteiger partial charge in [-0.05, 0) is 69.4 Å². The minimum Gasteiger partial charge on any atom is -0.374 e. The van der Waals surface area contributed by atoms with E-state index in [4.69, 9.17) is 4.98 Å². The zero-order chi connectivity index (χ0) is 23.9. The van der Waals surface area contributed by atoms with E-state index in [0.29, 0.717) is 0 Å². The van der Waals surface area contributed by atoms with Crippen molar-refractivity contribution in [3.63, 3.8) is 0 Å². The molecule has 6 aromatic rings. The highest BCUT2D eigenvalue weighted by molar-refractivity contribution is 5.88. The van der Waals surface area contributed by atoms with Crippen LogP contribution in [0.4, 0.5) is 5.69 Å². The molecule has 3 heteroatoms. The zero-order valence-corrected chi connectivity index (χ0v) is 19.6. The standard InChI is InChI=1S/C33H23N3/c1-2-6-25-19-26(11-8-22(25)5-1)27-12-9-23-14-16-29(35-32(23)20-27)28-13-10-24-15-17-31(36-33(24)21-28)30-7-3-4-18-34-30/h1-21,29,35H. The van der Waals surface area contributed by atoms with Gasteiger partial charge in [0.05, 0.1) is 22.9 Å². The normalized spacial score (nSPS) is 14.5. The first-order valence-electron chi connectivity index (χ1n) is 12.2. The molecule has 3 heterocycles. The van der Waals surface area contributed by atoms with Crippen molar-refractivity contribution in [2.24, 2.45) is 0 Å². The Hall–Kier alpha value is -4.76. The number of hydrogen-bond donors (Lipinski definition) is 1. The topological polar surface area (TPSA) is 37.8 Å². The van der Waals surface area contributed by atoms with Crippen LogP contribution in [0, 0.1) is 0 Å². The van der Waals surface area contributed by atoms with Gasteiger partial charge in [0.2, 0.25) is 0 Å². The van der Waals surface area contributed by atoms with E-state index in [1.165, 1.54) is 33.0 Å². The molecule has 2 aromatic heterocycles. The molecule has 0 aliphatic carbocycles. The van der Waals surface area contributed by atoms with Crippen molar-refractivity contribution in [1.82, 2.24) is 9.97 Å². The van der Waals surface area contributed by atoms with Crippen LogP contribution in [0.15, 0.2) is 121 Å². The van der Waals surface area contributed by atoms with E-state index in [-0.39, 0.29) is 6.04 Å². The van der Waals surface area contributed by atoms with E-state index < -0.39 is 0 Å². The van der Waals surface area contributed by atoms with Crippen molar-refractivity contribution in [3.8, 4) is 22.5 Å². The monoisotopic (exact) mass is 461 g/mol. The van der Waals surface area contributed by atoms with Gasteiger partial charge in [0.15, 0.2) is 0 Å². The minimum atomic E-state index is 0.0778. The largest absolute Gasteiger partial charge is 0.374 e. The molecule has 0 bridgehead atoms. The summed E-state index contributed by atoms with van der Waals surface area (Å²) in [6.45, 7) is 0. The molecule has 0 radical (unpaired) electrons. The average Bonchev–Trinajstić information content (AvgIpc) is 2.96. The molecule has 0 fully saturated rings. The van der Waals surface area contributed by atoms with Gasteiger partial charge in [0.1, 0.15) is 0 Å². The smallest absolute Gasteiger partial charge is 0.0893 e. The molecule has 1 N–H and O–H groups in total. The number of anilines is 1. The molecule has 0 amide bonds. The molecule has 0 spiro atoms. The van der Waals surface area contributed by atoms with Gasteiger partial charge in [-0.15, -0.1) is 0 Å². The van der Waals surface area contributed by atoms with E-state index in [1.54, 1.807) is 6.20 Å². The maximum absolute atomic E-state index is 4.91.